The fraction of sp³-hybridized carbons (Fsp3) is 0.364. The first-order valence-electron chi connectivity index (χ1n) is 9.54. The molecule has 0 spiro atoms. The number of piperidine rings is 1. The van der Waals surface area contributed by atoms with Crippen LogP contribution in [0.25, 0.3) is 0 Å². The lowest BCUT2D eigenvalue weighted by Gasteiger charge is -2.36. The molecule has 6 nitrogen and oxygen atoms in total. The van der Waals surface area contributed by atoms with Crippen molar-refractivity contribution in [3.8, 4) is 5.75 Å². The predicted molar refractivity (Wildman–Crippen MR) is 112 cm³/mol. The third kappa shape index (κ3) is 5.08. The molecule has 1 heterocycles. The number of hydrogen-bond donors (Lipinski definition) is 1. The molecule has 1 atom stereocenters. The molecule has 1 N–H and O–H groups in total. The van der Waals surface area contributed by atoms with E-state index in [9.17, 15) is 9.59 Å². The summed E-state index contributed by atoms with van der Waals surface area (Å²) < 4.78 is 10.0. The number of esters is 1. The molecule has 0 saturated carbocycles. The number of carbonyl (C=O) groups is 2. The number of rotatable bonds is 6. The number of nitrogens with zero attached hydrogens (tertiary/aromatic N) is 1. The van der Waals surface area contributed by atoms with Gasteiger partial charge in [-0.15, -0.1) is 0 Å². The summed E-state index contributed by atoms with van der Waals surface area (Å²) in [6, 6.07) is 14.3. The van der Waals surface area contributed by atoms with E-state index in [1.165, 1.54) is 7.11 Å². The molecule has 2 aromatic rings. The molecule has 29 heavy (non-hydrogen) atoms. The van der Waals surface area contributed by atoms with E-state index in [0.717, 1.165) is 5.56 Å². The quantitative estimate of drug-likeness (QED) is 0.723. The summed E-state index contributed by atoms with van der Waals surface area (Å²) >= 11 is 6.19. The summed E-state index contributed by atoms with van der Waals surface area (Å²) in [5.41, 5.74) is 1.51. The summed E-state index contributed by atoms with van der Waals surface area (Å²) in [7, 11) is 2.96. The highest BCUT2D eigenvalue weighted by molar-refractivity contribution is 6.32. The minimum atomic E-state index is -0.462. The second-order valence-corrected chi connectivity index (χ2v) is 7.39. The summed E-state index contributed by atoms with van der Waals surface area (Å²) in [6.45, 7) is 1.27. The van der Waals surface area contributed by atoms with Crippen LogP contribution in [-0.4, -0.2) is 44.1 Å². The summed E-state index contributed by atoms with van der Waals surface area (Å²) in [6.07, 6.45) is 1.33. The maximum atomic E-state index is 13.2. The molecule has 154 valence electrons. The molecular formula is C22H25ClN2O4. The van der Waals surface area contributed by atoms with Crippen molar-refractivity contribution in [2.75, 3.05) is 32.6 Å². The van der Waals surface area contributed by atoms with Crippen molar-refractivity contribution in [3.63, 3.8) is 0 Å². The number of methoxy groups -OCH3 is 2. The van der Waals surface area contributed by atoms with Crippen LogP contribution in [0.3, 0.4) is 0 Å². The van der Waals surface area contributed by atoms with Crippen molar-refractivity contribution in [3.05, 3.63) is 59.1 Å². The number of hydrogen-bond acceptors (Lipinski definition) is 5. The number of ether oxygens (including phenoxy) is 2. The van der Waals surface area contributed by atoms with E-state index in [2.05, 4.69) is 10.2 Å². The van der Waals surface area contributed by atoms with E-state index in [-0.39, 0.29) is 17.8 Å². The Morgan fingerprint density at radius 3 is 2.38 bits per heavy atom. The summed E-state index contributed by atoms with van der Waals surface area (Å²) in [5.74, 6) is 0.109. The first kappa shape index (κ1) is 21.1. The van der Waals surface area contributed by atoms with Crippen LogP contribution in [-0.2, 0) is 14.3 Å². The SMILES string of the molecule is COC(=O)C1CCN([C@H](C(=O)Nc2ccc(OC)c(Cl)c2)c2ccccc2)CC1. The monoisotopic (exact) mass is 416 g/mol. The van der Waals surface area contributed by atoms with Gasteiger partial charge in [-0.3, -0.25) is 14.5 Å². The van der Waals surface area contributed by atoms with E-state index in [1.807, 2.05) is 30.3 Å². The van der Waals surface area contributed by atoms with E-state index >= 15 is 0 Å². The van der Waals surface area contributed by atoms with E-state index in [4.69, 9.17) is 21.1 Å². The molecule has 7 heteroatoms. The van der Waals surface area contributed by atoms with Crippen molar-refractivity contribution in [1.82, 2.24) is 4.90 Å². The Hall–Kier alpha value is -2.57. The van der Waals surface area contributed by atoms with Crippen molar-refractivity contribution in [1.29, 1.82) is 0 Å². The van der Waals surface area contributed by atoms with Gasteiger partial charge < -0.3 is 14.8 Å². The van der Waals surface area contributed by atoms with Crippen LogP contribution >= 0.6 is 11.6 Å². The normalized spacial score (nSPS) is 16.1. The van der Waals surface area contributed by atoms with Gasteiger partial charge in [-0.05, 0) is 36.6 Å². The zero-order chi connectivity index (χ0) is 20.8. The molecule has 0 unspecified atom stereocenters. The molecule has 0 aliphatic carbocycles. The molecule has 1 aliphatic rings. The molecule has 0 aromatic heterocycles. The third-order valence-corrected chi connectivity index (χ3v) is 5.51. The number of carbonyl (C=O) groups excluding carboxylic acids is 2. The largest absolute Gasteiger partial charge is 0.495 e. The van der Waals surface area contributed by atoms with Crippen molar-refractivity contribution < 1.29 is 19.1 Å². The Kier molecular flexibility index (Phi) is 7.12. The maximum Gasteiger partial charge on any atom is 0.308 e. The van der Waals surface area contributed by atoms with E-state index in [1.54, 1.807) is 25.3 Å². The average molecular weight is 417 g/mol. The smallest absolute Gasteiger partial charge is 0.308 e. The standard InChI is InChI=1S/C22H25ClN2O4/c1-28-19-9-8-17(14-18(19)23)24-21(26)20(15-6-4-3-5-7-15)25-12-10-16(11-13-25)22(27)29-2/h3-9,14,16,20H,10-13H2,1-2H3,(H,24,26)/t20-/m0/s1. The van der Waals surface area contributed by atoms with Gasteiger partial charge in [-0.2, -0.15) is 0 Å². The Labute approximate surface area is 175 Å². The van der Waals surface area contributed by atoms with Gasteiger partial charge in [-0.1, -0.05) is 41.9 Å². The van der Waals surface area contributed by atoms with Gasteiger partial charge in [-0.25, -0.2) is 0 Å². The topological polar surface area (TPSA) is 67.9 Å². The zero-order valence-corrected chi connectivity index (χ0v) is 17.3. The van der Waals surface area contributed by atoms with Gasteiger partial charge in [0.25, 0.3) is 0 Å². The highest BCUT2D eigenvalue weighted by Gasteiger charge is 2.33. The number of anilines is 1. The van der Waals surface area contributed by atoms with Gasteiger partial charge in [0.05, 0.1) is 25.2 Å². The van der Waals surface area contributed by atoms with E-state index < -0.39 is 6.04 Å². The predicted octanol–water partition coefficient (Wildman–Crippen LogP) is 3.91. The van der Waals surface area contributed by atoms with Crippen LogP contribution in [0.2, 0.25) is 5.02 Å². The lowest BCUT2D eigenvalue weighted by atomic mass is 9.94. The van der Waals surface area contributed by atoms with Crippen molar-refractivity contribution in [2.24, 2.45) is 5.92 Å². The van der Waals surface area contributed by atoms with Gasteiger partial charge in [0, 0.05) is 18.8 Å². The second kappa shape index (κ2) is 9.76. The van der Waals surface area contributed by atoms with Gasteiger partial charge >= 0.3 is 5.97 Å². The van der Waals surface area contributed by atoms with Crippen LogP contribution < -0.4 is 10.1 Å². The van der Waals surface area contributed by atoms with Gasteiger partial charge in [0.15, 0.2) is 0 Å². The zero-order valence-electron chi connectivity index (χ0n) is 16.6. The highest BCUT2D eigenvalue weighted by Crippen LogP contribution is 2.31. The van der Waals surface area contributed by atoms with Crippen LogP contribution in [0.5, 0.6) is 5.75 Å². The fourth-order valence-electron chi connectivity index (χ4n) is 3.68. The summed E-state index contributed by atoms with van der Waals surface area (Å²) in [5, 5.41) is 3.39. The third-order valence-electron chi connectivity index (χ3n) is 5.21. The molecule has 1 amide bonds. The first-order valence-corrected chi connectivity index (χ1v) is 9.92. The minimum absolute atomic E-state index is 0.115. The molecule has 3 rings (SSSR count). The Balaban J connectivity index is 1.78. The first-order chi connectivity index (χ1) is 14.0. The van der Waals surface area contributed by atoms with E-state index in [0.29, 0.717) is 42.4 Å². The second-order valence-electron chi connectivity index (χ2n) is 6.99. The highest BCUT2D eigenvalue weighted by atomic mass is 35.5. The Morgan fingerprint density at radius 2 is 1.79 bits per heavy atom. The Bertz CT molecular complexity index is 851. The lowest BCUT2D eigenvalue weighted by molar-refractivity contribution is -0.147. The molecular weight excluding hydrogens is 392 g/mol. The lowest BCUT2D eigenvalue weighted by Crippen LogP contribution is -2.43. The molecule has 1 aliphatic heterocycles. The average Bonchev–Trinajstić information content (AvgIpc) is 2.75. The van der Waals surface area contributed by atoms with Gasteiger partial charge in [0.2, 0.25) is 5.91 Å². The summed E-state index contributed by atoms with van der Waals surface area (Å²) in [4.78, 5) is 27.2. The van der Waals surface area contributed by atoms with Crippen molar-refractivity contribution >= 4 is 29.2 Å². The number of likely N-dealkylation sites (tertiary alicyclic amines) is 1. The molecule has 2 aromatic carbocycles. The molecule has 1 fully saturated rings. The number of halogens is 1. The minimum Gasteiger partial charge on any atom is -0.495 e. The Morgan fingerprint density at radius 1 is 1.10 bits per heavy atom. The molecule has 1 saturated heterocycles. The van der Waals surface area contributed by atoms with Crippen LogP contribution in [0.1, 0.15) is 24.4 Å². The fourth-order valence-corrected chi connectivity index (χ4v) is 3.94. The number of benzene rings is 2. The van der Waals surface area contributed by atoms with Crippen LogP contribution in [0.4, 0.5) is 5.69 Å². The maximum absolute atomic E-state index is 13.2. The molecule has 0 radical (unpaired) electrons. The van der Waals surface area contributed by atoms with Crippen LogP contribution in [0.15, 0.2) is 48.5 Å². The van der Waals surface area contributed by atoms with Gasteiger partial charge in [0.1, 0.15) is 11.8 Å². The number of amides is 1. The molecule has 0 bridgehead atoms. The van der Waals surface area contributed by atoms with Crippen LogP contribution in [0, 0.1) is 5.92 Å². The number of nitrogens with one attached hydrogen (secondary N) is 1. The van der Waals surface area contributed by atoms with Crippen molar-refractivity contribution in [2.45, 2.75) is 18.9 Å².